The topological polar surface area (TPSA) is 87.8 Å². The molecule has 26 heavy (non-hydrogen) atoms. The summed E-state index contributed by atoms with van der Waals surface area (Å²) in [5.74, 6) is -0.659. The van der Waals surface area contributed by atoms with Crippen LogP contribution in [0.4, 0.5) is 4.39 Å². The van der Waals surface area contributed by atoms with Crippen LogP contribution < -0.4 is 5.56 Å². The number of aromatic nitrogens is 3. The van der Waals surface area contributed by atoms with Gasteiger partial charge in [-0.05, 0) is 24.3 Å². The van der Waals surface area contributed by atoms with Crippen LogP contribution in [0.5, 0.6) is 0 Å². The van der Waals surface area contributed by atoms with E-state index in [1.54, 1.807) is 18.3 Å². The number of nitrogens with one attached hydrogen (secondary N) is 2. The van der Waals surface area contributed by atoms with Crippen LogP contribution in [-0.4, -0.2) is 32.8 Å². The molecule has 2 N–H and O–H groups in total. The largest absolute Gasteiger partial charge is 0.465 e. The van der Waals surface area contributed by atoms with E-state index in [9.17, 15) is 14.0 Å². The fraction of sp³-hybridized carbons (Fsp3) is 0.167. The van der Waals surface area contributed by atoms with Gasteiger partial charge in [0.25, 0.3) is 5.56 Å². The lowest BCUT2D eigenvalue weighted by molar-refractivity contribution is -0.137. The number of aromatic amines is 2. The van der Waals surface area contributed by atoms with Gasteiger partial charge in [0.05, 0.1) is 23.0 Å². The first-order valence-electron chi connectivity index (χ1n) is 8.07. The molecule has 4 aromatic rings. The second kappa shape index (κ2) is 5.57. The molecule has 1 atom stereocenters. The maximum atomic E-state index is 13.8. The molecular weight excluding hydrogens is 357 g/mol. The third-order valence-corrected chi connectivity index (χ3v) is 5.69. The van der Waals surface area contributed by atoms with Crippen molar-refractivity contribution in [2.24, 2.45) is 0 Å². The van der Waals surface area contributed by atoms with E-state index < -0.39 is 5.82 Å². The molecule has 0 spiro atoms. The van der Waals surface area contributed by atoms with Crippen LogP contribution in [0.2, 0.25) is 0 Å². The normalized spacial score (nSPS) is 17.4. The molecule has 1 saturated heterocycles. The number of rotatable bonds is 2. The predicted molar refractivity (Wildman–Crippen MR) is 96.9 cm³/mol. The Morgan fingerprint density at radius 3 is 2.88 bits per heavy atom. The van der Waals surface area contributed by atoms with Gasteiger partial charge in [0.2, 0.25) is 0 Å². The Morgan fingerprint density at radius 2 is 2.08 bits per heavy atom. The summed E-state index contributed by atoms with van der Waals surface area (Å²) in [5.41, 5.74) is 1.04. The molecule has 3 heterocycles. The number of pyridine rings is 1. The average Bonchev–Trinajstić information content (AvgIpc) is 3.22. The van der Waals surface area contributed by atoms with E-state index in [1.165, 1.54) is 23.9 Å². The molecule has 0 saturated carbocycles. The minimum absolute atomic E-state index is 0.247. The molecule has 1 aliphatic rings. The van der Waals surface area contributed by atoms with Gasteiger partial charge in [-0.2, -0.15) is 0 Å². The zero-order valence-corrected chi connectivity index (χ0v) is 14.2. The van der Waals surface area contributed by atoms with Crippen LogP contribution in [0, 0.1) is 5.82 Å². The number of nitrogens with zero attached hydrogens (tertiary/aromatic N) is 1. The van der Waals surface area contributed by atoms with Gasteiger partial charge in [-0.25, -0.2) is 9.37 Å². The molecule has 1 unspecified atom stereocenters. The molecule has 6 nitrogen and oxygen atoms in total. The van der Waals surface area contributed by atoms with Gasteiger partial charge in [-0.3, -0.25) is 9.59 Å². The van der Waals surface area contributed by atoms with E-state index in [0.717, 1.165) is 0 Å². The zero-order valence-electron chi connectivity index (χ0n) is 13.3. The molecule has 130 valence electrons. The van der Waals surface area contributed by atoms with E-state index >= 15 is 0 Å². The van der Waals surface area contributed by atoms with Crippen LogP contribution in [0.3, 0.4) is 0 Å². The van der Waals surface area contributed by atoms with Crippen LogP contribution in [0.1, 0.15) is 6.42 Å². The Morgan fingerprint density at radius 1 is 1.19 bits per heavy atom. The number of halogens is 1. The molecule has 1 fully saturated rings. The first-order valence-corrected chi connectivity index (χ1v) is 8.95. The molecule has 1 aliphatic heterocycles. The standard InChI is InChI=1S/C18H12FN3O3S/c19-8-1-2-9-11(7-8)13-10(3-5-20-16(13)23)15-14(9)21-18(22-15)26-12-4-6-25-17(12)24/h1-3,5,7,12H,4,6H2,(H,20,23)(H,21,22). The summed E-state index contributed by atoms with van der Waals surface area (Å²) in [4.78, 5) is 34.6. The van der Waals surface area contributed by atoms with Gasteiger partial charge in [0.15, 0.2) is 5.16 Å². The third-order valence-electron chi connectivity index (χ3n) is 4.56. The minimum atomic E-state index is -0.413. The number of carbonyl (C=O) groups excluding carboxylic acids is 1. The quantitative estimate of drug-likeness (QED) is 0.419. The number of imidazole rings is 1. The van der Waals surface area contributed by atoms with Crippen LogP contribution in [0.25, 0.3) is 32.6 Å². The SMILES string of the molecule is O=C1OCCC1Sc1nc2c3cc[nH]c(=O)c3c3cc(F)ccc3c2[nH]1. The Kier molecular flexibility index (Phi) is 3.30. The molecule has 0 radical (unpaired) electrons. The Balaban J connectivity index is 1.83. The van der Waals surface area contributed by atoms with Crippen LogP contribution in [0.15, 0.2) is 40.4 Å². The van der Waals surface area contributed by atoms with Crippen molar-refractivity contribution in [3.63, 3.8) is 0 Å². The van der Waals surface area contributed by atoms with E-state index in [0.29, 0.717) is 50.8 Å². The Labute approximate surface area is 149 Å². The maximum absolute atomic E-state index is 13.8. The summed E-state index contributed by atoms with van der Waals surface area (Å²) in [6.07, 6.45) is 2.18. The van der Waals surface area contributed by atoms with Crippen molar-refractivity contribution in [3.8, 4) is 0 Å². The summed E-state index contributed by atoms with van der Waals surface area (Å²) >= 11 is 1.31. The van der Waals surface area contributed by atoms with Gasteiger partial charge in [-0.15, -0.1) is 0 Å². The van der Waals surface area contributed by atoms with Crippen LogP contribution >= 0.6 is 11.8 Å². The lowest BCUT2D eigenvalue weighted by atomic mass is 10.0. The number of carbonyl (C=O) groups is 1. The predicted octanol–water partition coefficient (Wildman–Crippen LogP) is 3.10. The van der Waals surface area contributed by atoms with E-state index in [4.69, 9.17) is 4.74 Å². The van der Waals surface area contributed by atoms with Gasteiger partial charge < -0.3 is 14.7 Å². The summed E-state index contributed by atoms with van der Waals surface area (Å²) in [5, 5.41) is 2.54. The third kappa shape index (κ3) is 2.22. The van der Waals surface area contributed by atoms with Crippen LogP contribution in [-0.2, 0) is 9.53 Å². The van der Waals surface area contributed by atoms with E-state index in [-0.39, 0.29) is 16.8 Å². The molecule has 5 rings (SSSR count). The molecule has 0 bridgehead atoms. The Bertz CT molecular complexity index is 1260. The maximum Gasteiger partial charge on any atom is 0.319 e. The van der Waals surface area contributed by atoms with Gasteiger partial charge in [0, 0.05) is 28.8 Å². The number of cyclic esters (lactones) is 1. The zero-order chi connectivity index (χ0) is 17.8. The fourth-order valence-corrected chi connectivity index (χ4v) is 4.35. The number of benzene rings is 2. The summed E-state index contributed by atoms with van der Waals surface area (Å²) in [7, 11) is 0. The summed E-state index contributed by atoms with van der Waals surface area (Å²) in [6.45, 7) is 0.414. The second-order valence-corrected chi connectivity index (χ2v) is 7.31. The summed E-state index contributed by atoms with van der Waals surface area (Å²) in [6, 6.07) is 6.10. The smallest absolute Gasteiger partial charge is 0.319 e. The van der Waals surface area contributed by atoms with Crippen molar-refractivity contribution in [2.75, 3.05) is 6.61 Å². The highest BCUT2D eigenvalue weighted by molar-refractivity contribution is 8.00. The number of fused-ring (bicyclic) bond motifs is 6. The molecular formula is C18H12FN3O3S. The lowest BCUT2D eigenvalue weighted by Gasteiger charge is -2.05. The highest BCUT2D eigenvalue weighted by atomic mass is 32.2. The van der Waals surface area contributed by atoms with Crippen molar-refractivity contribution in [1.82, 2.24) is 15.0 Å². The average molecular weight is 369 g/mol. The van der Waals surface area contributed by atoms with Crippen molar-refractivity contribution >= 4 is 50.3 Å². The van der Waals surface area contributed by atoms with Crippen molar-refractivity contribution < 1.29 is 13.9 Å². The van der Waals surface area contributed by atoms with Gasteiger partial charge in [0.1, 0.15) is 11.1 Å². The van der Waals surface area contributed by atoms with Crippen molar-refractivity contribution in [1.29, 1.82) is 0 Å². The number of hydrogen-bond acceptors (Lipinski definition) is 5. The van der Waals surface area contributed by atoms with Crippen molar-refractivity contribution in [2.45, 2.75) is 16.8 Å². The lowest BCUT2D eigenvalue weighted by Crippen LogP contribution is -2.09. The van der Waals surface area contributed by atoms with Gasteiger partial charge >= 0.3 is 5.97 Å². The first kappa shape index (κ1) is 15.4. The van der Waals surface area contributed by atoms with E-state index in [1.807, 2.05) is 0 Å². The number of H-pyrrole nitrogens is 2. The van der Waals surface area contributed by atoms with Gasteiger partial charge in [-0.1, -0.05) is 11.8 Å². The molecule has 0 aliphatic carbocycles. The van der Waals surface area contributed by atoms with E-state index in [2.05, 4.69) is 15.0 Å². The van der Waals surface area contributed by atoms with Crippen molar-refractivity contribution in [3.05, 3.63) is 46.6 Å². The number of esters is 1. The minimum Gasteiger partial charge on any atom is -0.465 e. The first-order chi connectivity index (χ1) is 12.6. The monoisotopic (exact) mass is 369 g/mol. The molecule has 0 amide bonds. The second-order valence-electron chi connectivity index (χ2n) is 6.11. The highest BCUT2D eigenvalue weighted by Gasteiger charge is 2.29. The molecule has 2 aromatic heterocycles. The highest BCUT2D eigenvalue weighted by Crippen LogP contribution is 2.35. The summed E-state index contributed by atoms with van der Waals surface area (Å²) < 4.78 is 18.8. The Hall–Kier alpha value is -2.87. The molecule has 2 aromatic carbocycles. The number of hydrogen-bond donors (Lipinski definition) is 2. The molecule has 8 heteroatoms. The number of ether oxygens (including phenoxy) is 1. The number of thioether (sulfide) groups is 1. The fourth-order valence-electron chi connectivity index (χ4n) is 3.40.